The van der Waals surface area contributed by atoms with Gasteiger partial charge in [0.15, 0.2) is 6.54 Å². The molecule has 0 saturated carbocycles. The summed E-state index contributed by atoms with van der Waals surface area (Å²) in [5.41, 5.74) is 0. The first-order chi connectivity index (χ1) is 18.6. The summed E-state index contributed by atoms with van der Waals surface area (Å²) in [6.07, 6.45) is 19.1. The quantitative estimate of drug-likeness (QED) is 0.0490. The van der Waals surface area contributed by atoms with Crippen molar-refractivity contribution in [3.8, 4) is 0 Å². The number of likely N-dealkylation sites (N-methyl/N-ethyl adjacent to an activating group) is 1. The molecule has 0 heterocycles. The molecule has 0 aromatic heterocycles. The second-order valence-electron chi connectivity index (χ2n) is 12.0. The second-order valence-corrected chi connectivity index (χ2v) is 15.3. The Morgan fingerprint density at radius 3 is 1.67 bits per heavy atom. The van der Waals surface area contributed by atoms with Crippen LogP contribution in [0.4, 0.5) is 0 Å². The molecule has 0 bridgehead atoms. The van der Waals surface area contributed by atoms with E-state index in [1.807, 2.05) is 27.9 Å². The van der Waals surface area contributed by atoms with Gasteiger partial charge in [-0.1, -0.05) is 90.4 Å². The van der Waals surface area contributed by atoms with Crippen molar-refractivity contribution in [3.63, 3.8) is 0 Å². The van der Waals surface area contributed by atoms with Crippen LogP contribution in [0.25, 0.3) is 0 Å². The fourth-order valence-corrected chi connectivity index (χ4v) is 7.43. The van der Waals surface area contributed by atoms with E-state index in [9.17, 15) is 9.59 Å². The highest BCUT2D eigenvalue weighted by Crippen LogP contribution is 2.17. The number of hydrogen-bond donors (Lipinski definition) is 1. The van der Waals surface area contributed by atoms with Crippen molar-refractivity contribution in [3.05, 3.63) is 0 Å². The smallest absolute Gasteiger partial charge is 0.335 e. The van der Waals surface area contributed by atoms with Gasteiger partial charge in [-0.25, -0.2) is 4.79 Å². The third-order valence-corrected chi connectivity index (χ3v) is 10.4. The number of quaternary nitrogens is 1. The fraction of sp³-hybridized carbons (Fsp3) is 0.935. The van der Waals surface area contributed by atoms with Gasteiger partial charge in [0.05, 0.1) is 27.2 Å². The maximum atomic E-state index is 12.6. The number of nitrogens with one attached hydrogen (secondary N) is 1. The van der Waals surface area contributed by atoms with Crippen LogP contribution in [0.3, 0.4) is 0 Å². The van der Waals surface area contributed by atoms with Gasteiger partial charge in [0, 0.05) is 13.2 Å². The van der Waals surface area contributed by atoms with Crippen LogP contribution < -0.4 is 5.32 Å². The van der Waals surface area contributed by atoms with Crippen molar-refractivity contribution in [1.29, 1.82) is 0 Å². The predicted octanol–water partition coefficient (Wildman–Crippen LogP) is 7.13. The molecular weight excluding hydrogens is 508 g/mol. The third kappa shape index (κ3) is 22.4. The maximum Gasteiger partial charge on any atom is 0.335 e. The standard InChI is InChI=1S/C31H64N2O5Si/c1-8-11-12-13-14-15-16-17-18-19-20-21-22-23-26-36-31(35)29(4)32-30(34)28-33(5,6)25-24-27-39(7,37-9-2)38-10-3/h29H,8-28H2,1-7H3/p+1/t29-/m1/s1. The molecule has 0 rings (SSSR count). The zero-order valence-electron chi connectivity index (χ0n) is 26.9. The van der Waals surface area contributed by atoms with Crippen LogP contribution >= 0.6 is 0 Å². The monoisotopic (exact) mass is 573 g/mol. The second kappa shape index (κ2) is 23.7. The van der Waals surface area contributed by atoms with Crippen molar-refractivity contribution >= 4 is 20.4 Å². The van der Waals surface area contributed by atoms with Crippen LogP contribution in [0.1, 0.15) is 124 Å². The Balaban J connectivity index is 3.88. The van der Waals surface area contributed by atoms with Crippen LogP contribution in [0, 0.1) is 0 Å². The van der Waals surface area contributed by atoms with Gasteiger partial charge >= 0.3 is 14.5 Å². The van der Waals surface area contributed by atoms with Crippen molar-refractivity contribution in [2.45, 2.75) is 143 Å². The number of amides is 1. The van der Waals surface area contributed by atoms with E-state index in [1.165, 1.54) is 77.0 Å². The zero-order chi connectivity index (χ0) is 29.4. The van der Waals surface area contributed by atoms with Crippen LogP contribution in [0.5, 0.6) is 0 Å². The third-order valence-electron chi connectivity index (χ3n) is 7.34. The van der Waals surface area contributed by atoms with Crippen LogP contribution in [-0.4, -0.2) is 78.0 Å². The van der Waals surface area contributed by atoms with Gasteiger partial charge in [-0.15, -0.1) is 0 Å². The van der Waals surface area contributed by atoms with E-state index in [2.05, 4.69) is 18.8 Å². The molecule has 0 aliphatic rings. The number of ether oxygens (including phenoxy) is 1. The molecular formula is C31H65N2O5Si+. The number of unbranched alkanes of at least 4 members (excludes halogenated alkanes) is 13. The average Bonchev–Trinajstić information content (AvgIpc) is 2.85. The predicted molar refractivity (Wildman–Crippen MR) is 165 cm³/mol. The summed E-state index contributed by atoms with van der Waals surface area (Å²) in [6.45, 7) is 13.0. The molecule has 0 aliphatic carbocycles. The summed E-state index contributed by atoms with van der Waals surface area (Å²) < 4.78 is 17.8. The molecule has 0 radical (unpaired) electrons. The molecule has 0 saturated heterocycles. The molecule has 232 valence electrons. The number of rotatable bonds is 27. The normalized spacial score (nSPS) is 12.9. The molecule has 8 heteroatoms. The van der Waals surface area contributed by atoms with Gasteiger partial charge in [0.1, 0.15) is 6.04 Å². The van der Waals surface area contributed by atoms with Gasteiger partial charge in [0.2, 0.25) is 0 Å². The zero-order valence-corrected chi connectivity index (χ0v) is 27.9. The number of carbonyl (C=O) groups excluding carboxylic acids is 2. The van der Waals surface area contributed by atoms with Gasteiger partial charge in [0.25, 0.3) is 5.91 Å². The Labute approximate surface area is 242 Å². The first-order valence-electron chi connectivity index (χ1n) is 16.1. The Morgan fingerprint density at radius 2 is 1.21 bits per heavy atom. The molecule has 0 fully saturated rings. The number of hydrogen-bond acceptors (Lipinski definition) is 5. The molecule has 0 unspecified atom stereocenters. The van der Waals surface area contributed by atoms with Crippen molar-refractivity contribution in [1.82, 2.24) is 5.32 Å². The van der Waals surface area contributed by atoms with E-state index < -0.39 is 14.6 Å². The molecule has 0 aromatic carbocycles. The van der Waals surface area contributed by atoms with Gasteiger partial charge < -0.3 is 23.4 Å². The minimum Gasteiger partial charge on any atom is -0.464 e. The summed E-state index contributed by atoms with van der Waals surface area (Å²) in [4.78, 5) is 24.9. The molecule has 1 atom stereocenters. The average molecular weight is 574 g/mol. The lowest BCUT2D eigenvalue weighted by molar-refractivity contribution is -0.882. The Hall–Kier alpha value is -0.963. The number of carbonyl (C=O) groups is 2. The molecule has 7 nitrogen and oxygen atoms in total. The van der Waals surface area contributed by atoms with Crippen molar-refractivity contribution < 1.29 is 27.7 Å². The summed E-state index contributed by atoms with van der Waals surface area (Å²) in [6, 6.07) is 0.274. The molecule has 1 amide bonds. The fourth-order valence-electron chi connectivity index (χ4n) is 5.03. The van der Waals surface area contributed by atoms with E-state index in [4.69, 9.17) is 13.6 Å². The first-order valence-corrected chi connectivity index (χ1v) is 18.7. The highest BCUT2D eigenvalue weighted by Gasteiger charge is 2.32. The van der Waals surface area contributed by atoms with Crippen LogP contribution in [0.15, 0.2) is 0 Å². The maximum absolute atomic E-state index is 12.6. The Kier molecular flexibility index (Phi) is 23.1. The largest absolute Gasteiger partial charge is 0.464 e. The SMILES string of the molecule is CCCCCCCCCCCCCCCCOC(=O)[C@@H](C)NC(=O)C[N+](C)(C)CCC[Si](C)(OCC)OCC. The topological polar surface area (TPSA) is 73.9 Å². The summed E-state index contributed by atoms with van der Waals surface area (Å²) in [7, 11) is 1.94. The minimum absolute atomic E-state index is 0.129. The Morgan fingerprint density at radius 1 is 0.744 bits per heavy atom. The minimum atomic E-state index is -2.14. The van der Waals surface area contributed by atoms with E-state index in [-0.39, 0.29) is 11.9 Å². The van der Waals surface area contributed by atoms with E-state index in [0.717, 1.165) is 31.9 Å². The van der Waals surface area contributed by atoms with E-state index >= 15 is 0 Å². The number of esters is 1. The first kappa shape index (κ1) is 38.0. The van der Waals surface area contributed by atoms with Crippen LogP contribution in [-0.2, 0) is 23.2 Å². The highest BCUT2D eigenvalue weighted by molar-refractivity contribution is 6.66. The van der Waals surface area contributed by atoms with Crippen molar-refractivity contribution in [2.24, 2.45) is 0 Å². The summed E-state index contributed by atoms with van der Waals surface area (Å²) >= 11 is 0. The van der Waals surface area contributed by atoms with Gasteiger partial charge in [-0.3, -0.25) is 4.79 Å². The van der Waals surface area contributed by atoms with Gasteiger partial charge in [-0.05, 0) is 46.2 Å². The molecule has 0 aliphatic heterocycles. The van der Waals surface area contributed by atoms with E-state index in [1.54, 1.807) is 6.92 Å². The lowest BCUT2D eigenvalue weighted by atomic mass is 10.0. The lowest BCUT2D eigenvalue weighted by Crippen LogP contribution is -2.51. The summed E-state index contributed by atoms with van der Waals surface area (Å²) in [5.74, 6) is -0.478. The molecule has 0 spiro atoms. The number of nitrogens with zero attached hydrogens (tertiary/aromatic N) is 1. The summed E-state index contributed by atoms with van der Waals surface area (Å²) in [5, 5.41) is 2.82. The molecule has 1 N–H and O–H groups in total. The Bertz CT molecular complexity index is 612. The van der Waals surface area contributed by atoms with E-state index in [0.29, 0.717) is 30.8 Å². The highest BCUT2D eigenvalue weighted by atomic mass is 28.4. The molecule has 39 heavy (non-hydrogen) atoms. The van der Waals surface area contributed by atoms with Crippen molar-refractivity contribution in [2.75, 3.05) is 47.0 Å². The lowest BCUT2D eigenvalue weighted by Gasteiger charge is -2.31. The van der Waals surface area contributed by atoms with Crippen LogP contribution in [0.2, 0.25) is 12.6 Å². The molecule has 0 aromatic rings. The van der Waals surface area contributed by atoms with Gasteiger partial charge in [-0.2, -0.15) is 0 Å².